The molecule has 0 radical (unpaired) electrons. The molecule has 3 N–H and O–H groups in total. The number of pyridine rings is 1. The molecule has 0 spiro atoms. The Morgan fingerprint density at radius 3 is 2.65 bits per heavy atom. The van der Waals surface area contributed by atoms with Gasteiger partial charge in [0.25, 0.3) is 0 Å². The summed E-state index contributed by atoms with van der Waals surface area (Å²) in [5.74, 6) is 1.98. The number of nitrogens with two attached hydrogens (primary N) is 1. The highest BCUT2D eigenvalue weighted by molar-refractivity contribution is 5.49. The van der Waals surface area contributed by atoms with E-state index in [0.717, 1.165) is 11.6 Å². The van der Waals surface area contributed by atoms with Crippen LogP contribution in [0.25, 0.3) is 0 Å². The lowest BCUT2D eigenvalue weighted by Gasteiger charge is -2.18. The second-order valence-electron chi connectivity index (χ2n) is 4.81. The first-order chi connectivity index (χ1) is 8.00. The Morgan fingerprint density at radius 2 is 2.06 bits per heavy atom. The van der Waals surface area contributed by atoms with Crippen LogP contribution in [0.5, 0.6) is 5.75 Å². The molecule has 96 valence electrons. The molecule has 0 saturated heterocycles. The lowest BCUT2D eigenvalue weighted by molar-refractivity contribution is 0.243. The molecule has 1 aromatic heterocycles. The van der Waals surface area contributed by atoms with Crippen LogP contribution >= 0.6 is 0 Å². The lowest BCUT2D eigenvalue weighted by Crippen LogP contribution is -2.34. The van der Waals surface area contributed by atoms with Gasteiger partial charge in [-0.05, 0) is 31.9 Å². The first-order valence-electron chi connectivity index (χ1n) is 6.11. The van der Waals surface area contributed by atoms with Crippen LogP contribution in [0.4, 0.5) is 5.82 Å². The fourth-order valence-electron chi connectivity index (χ4n) is 1.32. The summed E-state index contributed by atoms with van der Waals surface area (Å²) >= 11 is 0. The van der Waals surface area contributed by atoms with Gasteiger partial charge in [-0.2, -0.15) is 0 Å². The molecule has 1 heterocycles. The number of rotatable bonds is 6. The molecule has 0 aliphatic heterocycles. The van der Waals surface area contributed by atoms with Gasteiger partial charge in [0.1, 0.15) is 0 Å². The van der Waals surface area contributed by atoms with E-state index in [2.05, 4.69) is 24.1 Å². The molecule has 4 nitrogen and oxygen atoms in total. The molecule has 0 aliphatic rings. The summed E-state index contributed by atoms with van der Waals surface area (Å²) in [6.07, 6.45) is 1.88. The quantitative estimate of drug-likeness (QED) is 0.796. The van der Waals surface area contributed by atoms with Crippen molar-refractivity contribution in [3.63, 3.8) is 0 Å². The van der Waals surface area contributed by atoms with Crippen molar-refractivity contribution < 1.29 is 4.74 Å². The minimum Gasteiger partial charge on any atom is -0.487 e. The molecule has 0 fully saturated rings. The van der Waals surface area contributed by atoms with E-state index >= 15 is 0 Å². The maximum Gasteiger partial charge on any atom is 0.168 e. The maximum atomic E-state index is 5.98. The van der Waals surface area contributed by atoms with Gasteiger partial charge in [0.2, 0.25) is 0 Å². The normalized spacial score (nSPS) is 12.9. The molecule has 1 rings (SSSR count). The molecule has 0 aliphatic carbocycles. The maximum absolute atomic E-state index is 5.98. The van der Waals surface area contributed by atoms with Gasteiger partial charge >= 0.3 is 0 Å². The zero-order valence-electron chi connectivity index (χ0n) is 11.1. The van der Waals surface area contributed by atoms with Crippen molar-refractivity contribution >= 4 is 5.82 Å². The predicted molar refractivity (Wildman–Crippen MR) is 71.3 cm³/mol. The average Bonchev–Trinajstić information content (AvgIpc) is 2.26. The Morgan fingerprint density at radius 1 is 1.35 bits per heavy atom. The molecule has 17 heavy (non-hydrogen) atoms. The van der Waals surface area contributed by atoms with Gasteiger partial charge in [-0.25, -0.2) is 4.98 Å². The molecular formula is C13H23N3O. The van der Waals surface area contributed by atoms with Gasteiger partial charge in [-0.1, -0.05) is 13.8 Å². The van der Waals surface area contributed by atoms with Crippen molar-refractivity contribution in [3.05, 3.63) is 18.3 Å². The Labute approximate surface area is 104 Å². The third-order valence-electron chi connectivity index (χ3n) is 2.49. The first kappa shape index (κ1) is 13.8. The van der Waals surface area contributed by atoms with E-state index in [-0.39, 0.29) is 12.1 Å². The SMILES string of the molecule is CC(C)Oc1cccnc1NCC(N)C(C)C. The predicted octanol–water partition coefficient (Wildman–Crippen LogP) is 2.26. The molecule has 4 heteroatoms. The van der Waals surface area contributed by atoms with Gasteiger partial charge in [-0.3, -0.25) is 0 Å². The van der Waals surface area contributed by atoms with Gasteiger partial charge in [0.05, 0.1) is 6.10 Å². The molecule has 1 atom stereocenters. The Balaban J connectivity index is 2.63. The highest BCUT2D eigenvalue weighted by Crippen LogP contribution is 2.22. The van der Waals surface area contributed by atoms with Crippen LogP contribution < -0.4 is 15.8 Å². The van der Waals surface area contributed by atoms with Crippen LogP contribution in [0.2, 0.25) is 0 Å². The highest BCUT2D eigenvalue weighted by atomic mass is 16.5. The fourth-order valence-corrected chi connectivity index (χ4v) is 1.32. The monoisotopic (exact) mass is 237 g/mol. The molecule has 0 amide bonds. The van der Waals surface area contributed by atoms with Gasteiger partial charge in [0, 0.05) is 18.8 Å². The Bertz CT molecular complexity index is 339. The zero-order valence-corrected chi connectivity index (χ0v) is 11.1. The average molecular weight is 237 g/mol. The first-order valence-corrected chi connectivity index (χ1v) is 6.11. The standard InChI is InChI=1S/C13H23N3O/c1-9(2)11(14)8-16-13-12(17-10(3)4)6-5-7-15-13/h5-7,9-11H,8,14H2,1-4H3,(H,15,16). The number of aromatic nitrogens is 1. The second kappa shape index (κ2) is 6.45. The molecule has 0 saturated carbocycles. The van der Waals surface area contributed by atoms with Crippen LogP contribution in [0.1, 0.15) is 27.7 Å². The summed E-state index contributed by atoms with van der Waals surface area (Å²) in [7, 11) is 0. The second-order valence-corrected chi connectivity index (χ2v) is 4.81. The van der Waals surface area contributed by atoms with Crippen LogP contribution in [-0.2, 0) is 0 Å². The summed E-state index contributed by atoms with van der Waals surface area (Å²) in [5, 5.41) is 3.24. The number of nitrogens with one attached hydrogen (secondary N) is 1. The minimum atomic E-state index is 0.115. The van der Waals surface area contributed by atoms with Crippen LogP contribution in [0, 0.1) is 5.92 Å². The lowest BCUT2D eigenvalue weighted by atomic mass is 10.1. The van der Waals surface area contributed by atoms with E-state index in [1.165, 1.54) is 0 Å². The molecule has 0 bridgehead atoms. The van der Waals surface area contributed by atoms with Crippen LogP contribution in [0.3, 0.4) is 0 Å². The number of hydrogen-bond acceptors (Lipinski definition) is 4. The van der Waals surface area contributed by atoms with Crippen molar-refractivity contribution in [3.8, 4) is 5.75 Å². The van der Waals surface area contributed by atoms with Gasteiger partial charge < -0.3 is 15.8 Å². The van der Waals surface area contributed by atoms with E-state index < -0.39 is 0 Å². The third kappa shape index (κ3) is 4.61. The number of ether oxygens (including phenoxy) is 1. The van der Waals surface area contributed by atoms with Crippen molar-refractivity contribution in [1.82, 2.24) is 4.98 Å². The van der Waals surface area contributed by atoms with Crippen LogP contribution in [-0.4, -0.2) is 23.7 Å². The van der Waals surface area contributed by atoms with Crippen molar-refractivity contribution in [2.75, 3.05) is 11.9 Å². The van der Waals surface area contributed by atoms with Crippen molar-refractivity contribution in [2.24, 2.45) is 11.7 Å². The fraction of sp³-hybridized carbons (Fsp3) is 0.615. The van der Waals surface area contributed by atoms with E-state index in [4.69, 9.17) is 10.5 Å². The zero-order chi connectivity index (χ0) is 12.8. The van der Waals surface area contributed by atoms with Crippen molar-refractivity contribution in [2.45, 2.75) is 39.8 Å². The van der Waals surface area contributed by atoms with Gasteiger partial charge in [-0.15, -0.1) is 0 Å². The largest absolute Gasteiger partial charge is 0.487 e. The topological polar surface area (TPSA) is 60.2 Å². The molecule has 1 aromatic rings. The third-order valence-corrected chi connectivity index (χ3v) is 2.49. The van der Waals surface area contributed by atoms with E-state index in [1.54, 1.807) is 6.20 Å². The summed E-state index contributed by atoms with van der Waals surface area (Å²) in [4.78, 5) is 4.27. The molecule has 1 unspecified atom stereocenters. The van der Waals surface area contributed by atoms with E-state index in [0.29, 0.717) is 12.5 Å². The van der Waals surface area contributed by atoms with E-state index in [9.17, 15) is 0 Å². The number of nitrogens with zero attached hydrogens (tertiary/aromatic N) is 1. The van der Waals surface area contributed by atoms with Crippen molar-refractivity contribution in [1.29, 1.82) is 0 Å². The Kier molecular flexibility index (Phi) is 5.22. The van der Waals surface area contributed by atoms with Crippen LogP contribution in [0.15, 0.2) is 18.3 Å². The summed E-state index contributed by atoms with van der Waals surface area (Å²) in [6.45, 7) is 8.91. The number of hydrogen-bond donors (Lipinski definition) is 2. The molecule has 0 aromatic carbocycles. The summed E-state index contributed by atoms with van der Waals surface area (Å²) < 4.78 is 5.67. The Hall–Kier alpha value is -1.29. The number of anilines is 1. The van der Waals surface area contributed by atoms with E-state index in [1.807, 2.05) is 26.0 Å². The van der Waals surface area contributed by atoms with Gasteiger partial charge in [0.15, 0.2) is 11.6 Å². The highest BCUT2D eigenvalue weighted by Gasteiger charge is 2.10. The summed E-state index contributed by atoms with van der Waals surface area (Å²) in [5.41, 5.74) is 5.98. The minimum absolute atomic E-state index is 0.115. The molecular weight excluding hydrogens is 214 g/mol. The summed E-state index contributed by atoms with van der Waals surface area (Å²) in [6, 6.07) is 3.89. The smallest absolute Gasteiger partial charge is 0.168 e.